The lowest BCUT2D eigenvalue weighted by Crippen LogP contribution is -1.95. The van der Waals surface area contributed by atoms with E-state index in [-0.39, 0.29) is 0 Å². The molecule has 0 spiro atoms. The Morgan fingerprint density at radius 3 is 2.41 bits per heavy atom. The molecule has 1 N–H and O–H groups in total. The monoisotopic (exact) mass is 230 g/mol. The van der Waals surface area contributed by atoms with E-state index >= 15 is 0 Å². The summed E-state index contributed by atoms with van der Waals surface area (Å²) in [6, 6.07) is 6.67. The van der Waals surface area contributed by atoms with Gasteiger partial charge in [-0.15, -0.1) is 0 Å². The molecule has 2 nitrogen and oxygen atoms in total. The van der Waals surface area contributed by atoms with Crippen molar-refractivity contribution in [3.8, 4) is 0 Å². The number of nitrogens with one attached hydrogen (secondary N) is 1. The molecule has 17 heavy (non-hydrogen) atoms. The van der Waals surface area contributed by atoms with E-state index in [0.717, 1.165) is 18.4 Å². The van der Waals surface area contributed by atoms with Gasteiger partial charge in [-0.3, -0.25) is 5.10 Å². The molecule has 2 rings (SSSR count). The summed E-state index contributed by atoms with van der Waals surface area (Å²) < 4.78 is 0. The fourth-order valence-corrected chi connectivity index (χ4v) is 2.28. The molecule has 1 aromatic heterocycles. The summed E-state index contributed by atoms with van der Waals surface area (Å²) in [6.45, 7) is 8.97. The van der Waals surface area contributed by atoms with Crippen LogP contribution in [0.3, 0.4) is 0 Å². The lowest BCUT2D eigenvalue weighted by Gasteiger charge is -2.05. The number of nitrogens with zero attached hydrogens (tertiary/aromatic N) is 1. The fourth-order valence-electron chi connectivity index (χ4n) is 2.28. The Morgan fingerprint density at radius 1 is 1.06 bits per heavy atom. The number of fused-ring (bicyclic) bond motifs is 1. The second-order valence-electron chi connectivity index (χ2n) is 5.75. The van der Waals surface area contributed by atoms with E-state index in [2.05, 4.69) is 56.1 Å². The first-order valence-corrected chi connectivity index (χ1v) is 6.52. The Labute approximate surface area is 103 Å². The highest BCUT2D eigenvalue weighted by atomic mass is 15.1. The SMILES string of the molecule is CC(C)Cc1ccc2c(CC(C)C)[nH]nc2c1. The third-order valence-corrected chi connectivity index (χ3v) is 2.95. The molecule has 92 valence electrons. The molecule has 0 saturated heterocycles. The van der Waals surface area contributed by atoms with Crippen molar-refractivity contribution in [2.24, 2.45) is 11.8 Å². The zero-order chi connectivity index (χ0) is 12.4. The van der Waals surface area contributed by atoms with E-state index in [1.165, 1.54) is 16.6 Å². The summed E-state index contributed by atoms with van der Waals surface area (Å²) in [5.41, 5.74) is 3.76. The lowest BCUT2D eigenvalue weighted by molar-refractivity contribution is 0.636. The summed E-state index contributed by atoms with van der Waals surface area (Å²) in [6.07, 6.45) is 2.20. The van der Waals surface area contributed by atoms with E-state index in [0.29, 0.717) is 11.8 Å². The van der Waals surface area contributed by atoms with Gasteiger partial charge >= 0.3 is 0 Å². The quantitative estimate of drug-likeness (QED) is 0.846. The highest BCUT2D eigenvalue weighted by molar-refractivity contribution is 5.82. The molecule has 2 heteroatoms. The number of benzene rings is 1. The Kier molecular flexibility index (Phi) is 3.51. The van der Waals surface area contributed by atoms with Crippen LogP contribution < -0.4 is 0 Å². The first-order chi connectivity index (χ1) is 8.06. The van der Waals surface area contributed by atoms with E-state index in [9.17, 15) is 0 Å². The van der Waals surface area contributed by atoms with Crippen molar-refractivity contribution in [3.05, 3.63) is 29.5 Å². The lowest BCUT2D eigenvalue weighted by atomic mass is 10.00. The number of rotatable bonds is 4. The fraction of sp³-hybridized carbons (Fsp3) is 0.533. The molecule has 0 saturated carbocycles. The van der Waals surface area contributed by atoms with Crippen molar-refractivity contribution in [2.45, 2.75) is 40.5 Å². The maximum Gasteiger partial charge on any atom is 0.0926 e. The van der Waals surface area contributed by atoms with Crippen LogP contribution in [0.1, 0.15) is 39.0 Å². The standard InChI is InChI=1S/C15H22N2/c1-10(2)7-12-5-6-13-14(8-11(3)4)16-17-15(13)9-12/h5-6,9-11H,7-8H2,1-4H3,(H,16,17). The first kappa shape index (κ1) is 12.2. The minimum atomic E-state index is 0.661. The molecular weight excluding hydrogens is 208 g/mol. The van der Waals surface area contributed by atoms with Gasteiger partial charge in [0.15, 0.2) is 0 Å². The molecule has 0 bridgehead atoms. The van der Waals surface area contributed by atoms with Gasteiger partial charge in [0.05, 0.1) is 5.52 Å². The van der Waals surface area contributed by atoms with Crippen molar-refractivity contribution in [2.75, 3.05) is 0 Å². The van der Waals surface area contributed by atoms with Crippen LogP contribution in [0.15, 0.2) is 18.2 Å². The number of aromatic nitrogens is 2. The molecule has 2 aromatic rings. The van der Waals surface area contributed by atoms with Crippen LogP contribution in [0.25, 0.3) is 10.9 Å². The number of H-pyrrole nitrogens is 1. The molecule has 0 unspecified atom stereocenters. The Balaban J connectivity index is 2.31. The summed E-state index contributed by atoms with van der Waals surface area (Å²) >= 11 is 0. The number of aromatic amines is 1. The van der Waals surface area contributed by atoms with Crippen molar-refractivity contribution in [1.82, 2.24) is 10.2 Å². The van der Waals surface area contributed by atoms with Crippen molar-refractivity contribution in [3.63, 3.8) is 0 Å². The van der Waals surface area contributed by atoms with E-state index in [1.54, 1.807) is 0 Å². The molecule has 0 amide bonds. The van der Waals surface area contributed by atoms with Gasteiger partial charge in [-0.1, -0.05) is 39.8 Å². The van der Waals surface area contributed by atoms with Crippen LogP contribution in [0.2, 0.25) is 0 Å². The maximum atomic E-state index is 4.41. The van der Waals surface area contributed by atoms with E-state index < -0.39 is 0 Å². The third-order valence-electron chi connectivity index (χ3n) is 2.95. The van der Waals surface area contributed by atoms with E-state index in [1.807, 2.05) is 0 Å². The molecule has 0 aliphatic carbocycles. The summed E-state index contributed by atoms with van der Waals surface area (Å²) in [4.78, 5) is 0. The van der Waals surface area contributed by atoms with Crippen molar-refractivity contribution < 1.29 is 0 Å². The highest BCUT2D eigenvalue weighted by Crippen LogP contribution is 2.21. The van der Waals surface area contributed by atoms with Crippen molar-refractivity contribution in [1.29, 1.82) is 0 Å². The average molecular weight is 230 g/mol. The van der Waals surface area contributed by atoms with Crippen LogP contribution in [0, 0.1) is 11.8 Å². The average Bonchev–Trinajstić information content (AvgIpc) is 2.59. The van der Waals surface area contributed by atoms with Crippen LogP contribution in [-0.4, -0.2) is 10.2 Å². The summed E-state index contributed by atoms with van der Waals surface area (Å²) in [5, 5.41) is 8.87. The molecule has 0 radical (unpaired) electrons. The van der Waals surface area contributed by atoms with Crippen molar-refractivity contribution >= 4 is 10.9 Å². The summed E-state index contributed by atoms with van der Waals surface area (Å²) in [7, 11) is 0. The Bertz CT molecular complexity index is 495. The zero-order valence-electron chi connectivity index (χ0n) is 11.2. The maximum absolute atomic E-state index is 4.41. The van der Waals surface area contributed by atoms with Crippen LogP contribution in [0.4, 0.5) is 0 Å². The normalized spacial score (nSPS) is 11.9. The molecule has 0 aliphatic rings. The molecule has 1 heterocycles. The number of hydrogen-bond donors (Lipinski definition) is 1. The topological polar surface area (TPSA) is 28.7 Å². The van der Waals surface area contributed by atoms with E-state index in [4.69, 9.17) is 0 Å². The van der Waals surface area contributed by atoms with Gasteiger partial charge in [0, 0.05) is 11.1 Å². The molecule has 1 aromatic carbocycles. The van der Waals surface area contributed by atoms with Crippen LogP contribution >= 0.6 is 0 Å². The summed E-state index contributed by atoms with van der Waals surface area (Å²) in [5.74, 6) is 1.36. The van der Waals surface area contributed by atoms with Gasteiger partial charge in [0.1, 0.15) is 0 Å². The largest absolute Gasteiger partial charge is 0.281 e. The van der Waals surface area contributed by atoms with Crippen LogP contribution in [0.5, 0.6) is 0 Å². The van der Waals surface area contributed by atoms with Gasteiger partial charge in [0.2, 0.25) is 0 Å². The zero-order valence-corrected chi connectivity index (χ0v) is 11.2. The second-order valence-corrected chi connectivity index (χ2v) is 5.75. The Hall–Kier alpha value is -1.31. The first-order valence-electron chi connectivity index (χ1n) is 6.52. The molecule has 0 atom stereocenters. The van der Waals surface area contributed by atoms with Gasteiger partial charge < -0.3 is 0 Å². The highest BCUT2D eigenvalue weighted by Gasteiger charge is 2.08. The number of hydrogen-bond acceptors (Lipinski definition) is 1. The van der Waals surface area contributed by atoms with Crippen LogP contribution in [-0.2, 0) is 12.8 Å². The minimum Gasteiger partial charge on any atom is -0.281 e. The van der Waals surface area contributed by atoms with Gasteiger partial charge in [-0.25, -0.2) is 0 Å². The predicted molar refractivity (Wildman–Crippen MR) is 73.2 cm³/mol. The second kappa shape index (κ2) is 4.91. The Morgan fingerprint density at radius 2 is 1.76 bits per heavy atom. The smallest absolute Gasteiger partial charge is 0.0926 e. The predicted octanol–water partition coefficient (Wildman–Crippen LogP) is 3.96. The molecule has 0 aliphatic heterocycles. The molecular formula is C15H22N2. The third kappa shape index (κ3) is 2.87. The molecule has 0 fully saturated rings. The van der Waals surface area contributed by atoms with Gasteiger partial charge in [0.25, 0.3) is 0 Å². The minimum absolute atomic E-state index is 0.661. The van der Waals surface area contributed by atoms with Gasteiger partial charge in [-0.2, -0.15) is 5.10 Å². The van der Waals surface area contributed by atoms with Gasteiger partial charge in [-0.05, 0) is 36.3 Å².